The van der Waals surface area contributed by atoms with Gasteiger partial charge < -0.3 is 0 Å². The minimum atomic E-state index is 0.0782. The molecule has 1 aromatic carbocycles. The zero-order valence-corrected chi connectivity index (χ0v) is 12.3. The van der Waals surface area contributed by atoms with Crippen molar-refractivity contribution in [2.24, 2.45) is 0 Å². The lowest BCUT2D eigenvalue weighted by molar-refractivity contribution is -0.114. The highest BCUT2D eigenvalue weighted by atomic mass is 16.2. The largest absolute Gasteiger partial charge is 0.289 e. The van der Waals surface area contributed by atoms with Crippen LogP contribution in [0.2, 0.25) is 0 Å². The van der Waals surface area contributed by atoms with Crippen LogP contribution in [0.15, 0.2) is 59.7 Å². The molecule has 3 nitrogen and oxygen atoms in total. The zero-order chi connectivity index (χ0) is 14.8. The molecule has 106 valence electrons. The molecule has 0 spiro atoms. The summed E-state index contributed by atoms with van der Waals surface area (Å²) in [5, 5.41) is 0. The average Bonchev–Trinajstić information content (AvgIpc) is 2.76. The highest BCUT2D eigenvalue weighted by Gasteiger charge is 2.29. The summed E-state index contributed by atoms with van der Waals surface area (Å²) < 4.78 is 0. The Labute approximate surface area is 124 Å². The normalized spacial score (nSPS) is 15.0. The summed E-state index contributed by atoms with van der Waals surface area (Å²) in [6.45, 7) is 4.61. The van der Waals surface area contributed by atoms with Crippen molar-refractivity contribution in [3.05, 3.63) is 70.9 Å². The van der Waals surface area contributed by atoms with Crippen LogP contribution in [0, 0.1) is 6.92 Å². The number of aryl methyl sites for hydroxylation is 1. The molecular weight excluding hydrogens is 260 g/mol. The minimum absolute atomic E-state index is 0.0782. The minimum Gasteiger partial charge on any atom is -0.289 e. The predicted molar refractivity (Wildman–Crippen MR) is 84.2 cm³/mol. The molecular formula is C18H18N2O. The first-order valence-electron chi connectivity index (χ1n) is 7.13. The molecule has 0 saturated carbocycles. The molecule has 1 amide bonds. The summed E-state index contributed by atoms with van der Waals surface area (Å²) in [5.41, 5.74) is 4.12. The molecule has 0 saturated heterocycles. The van der Waals surface area contributed by atoms with E-state index in [-0.39, 0.29) is 5.91 Å². The van der Waals surface area contributed by atoms with Crippen molar-refractivity contribution in [2.75, 3.05) is 11.4 Å². The summed E-state index contributed by atoms with van der Waals surface area (Å²) >= 11 is 0. The topological polar surface area (TPSA) is 33.2 Å². The van der Waals surface area contributed by atoms with Crippen molar-refractivity contribution >= 4 is 11.7 Å². The predicted octanol–water partition coefficient (Wildman–Crippen LogP) is 3.30. The smallest absolute Gasteiger partial charge is 0.256 e. The van der Waals surface area contributed by atoms with Gasteiger partial charge in [-0.25, -0.2) is 4.98 Å². The molecule has 2 aromatic rings. The van der Waals surface area contributed by atoms with Crippen LogP contribution < -0.4 is 4.90 Å². The number of anilines is 1. The summed E-state index contributed by atoms with van der Waals surface area (Å²) in [6, 6.07) is 15.9. The maximum absolute atomic E-state index is 12.7. The average molecular weight is 278 g/mol. The van der Waals surface area contributed by atoms with Gasteiger partial charge in [-0.2, -0.15) is 0 Å². The van der Waals surface area contributed by atoms with Gasteiger partial charge in [0, 0.05) is 24.2 Å². The molecule has 0 unspecified atom stereocenters. The third kappa shape index (κ3) is 2.72. The van der Waals surface area contributed by atoms with Crippen LogP contribution in [0.3, 0.4) is 0 Å². The van der Waals surface area contributed by atoms with Gasteiger partial charge in [0.25, 0.3) is 5.91 Å². The Bertz CT molecular complexity index is 704. The van der Waals surface area contributed by atoms with Crippen molar-refractivity contribution in [1.82, 2.24) is 4.98 Å². The van der Waals surface area contributed by atoms with E-state index in [2.05, 4.69) is 17.1 Å². The Morgan fingerprint density at radius 1 is 1.05 bits per heavy atom. The fraction of sp³-hybridized carbons (Fsp3) is 0.222. The van der Waals surface area contributed by atoms with E-state index in [1.54, 1.807) is 4.90 Å². The molecule has 3 rings (SSSR count). The lowest BCUT2D eigenvalue weighted by Gasteiger charge is -2.16. The summed E-state index contributed by atoms with van der Waals surface area (Å²) in [5.74, 6) is 0.817. The number of aromatic nitrogens is 1. The summed E-state index contributed by atoms with van der Waals surface area (Å²) in [7, 11) is 0. The Morgan fingerprint density at radius 3 is 2.52 bits per heavy atom. The Hall–Kier alpha value is -2.42. The lowest BCUT2D eigenvalue weighted by Crippen LogP contribution is -2.28. The molecule has 0 radical (unpaired) electrons. The number of carbonyl (C=O) groups excluding carboxylic acids is 1. The van der Waals surface area contributed by atoms with Crippen LogP contribution >= 0.6 is 0 Å². The number of nitrogens with zero attached hydrogens (tertiary/aromatic N) is 2. The van der Waals surface area contributed by atoms with Crippen LogP contribution in [0.1, 0.15) is 18.2 Å². The molecule has 1 aliphatic heterocycles. The lowest BCUT2D eigenvalue weighted by atomic mass is 10.0. The summed E-state index contributed by atoms with van der Waals surface area (Å²) in [4.78, 5) is 18.9. The Morgan fingerprint density at radius 2 is 1.81 bits per heavy atom. The SMILES string of the molecule is CC1=C(Cc2ccccc2)C(=O)N(c2cccc(C)n2)C1. The third-order valence-electron chi connectivity index (χ3n) is 3.79. The molecule has 0 fully saturated rings. The van der Waals surface area contributed by atoms with Crippen molar-refractivity contribution in [3.63, 3.8) is 0 Å². The van der Waals surface area contributed by atoms with Crippen LogP contribution in [0.5, 0.6) is 0 Å². The van der Waals surface area contributed by atoms with Crippen LogP contribution in [0.25, 0.3) is 0 Å². The van der Waals surface area contributed by atoms with Gasteiger partial charge in [-0.05, 0) is 37.1 Å². The highest BCUT2D eigenvalue weighted by molar-refractivity contribution is 6.09. The molecule has 0 aliphatic carbocycles. The molecule has 1 aromatic heterocycles. The van der Waals surface area contributed by atoms with Gasteiger partial charge in [-0.15, -0.1) is 0 Å². The fourth-order valence-electron chi connectivity index (χ4n) is 2.64. The standard InChI is InChI=1S/C18H18N2O/c1-13-12-20(17-10-6-7-14(2)19-17)18(21)16(13)11-15-8-4-3-5-9-15/h3-10H,11-12H2,1-2H3. The molecule has 2 heterocycles. The van der Waals surface area contributed by atoms with Gasteiger partial charge in [-0.3, -0.25) is 9.69 Å². The van der Waals surface area contributed by atoms with E-state index in [4.69, 9.17) is 0 Å². The number of pyridine rings is 1. The molecule has 0 bridgehead atoms. The van der Waals surface area contributed by atoms with E-state index >= 15 is 0 Å². The number of hydrogen-bond acceptors (Lipinski definition) is 2. The van der Waals surface area contributed by atoms with E-state index in [1.807, 2.05) is 50.2 Å². The maximum Gasteiger partial charge on any atom is 0.256 e. The number of amides is 1. The molecule has 3 heteroatoms. The second-order valence-corrected chi connectivity index (χ2v) is 5.45. The van der Waals surface area contributed by atoms with Crippen molar-refractivity contribution in [3.8, 4) is 0 Å². The van der Waals surface area contributed by atoms with Gasteiger partial charge in [-0.1, -0.05) is 36.4 Å². The fourth-order valence-corrected chi connectivity index (χ4v) is 2.64. The van der Waals surface area contributed by atoms with E-state index < -0.39 is 0 Å². The number of carbonyl (C=O) groups is 1. The quantitative estimate of drug-likeness (QED) is 0.863. The van der Waals surface area contributed by atoms with Crippen molar-refractivity contribution < 1.29 is 4.79 Å². The molecule has 21 heavy (non-hydrogen) atoms. The van der Waals surface area contributed by atoms with Crippen molar-refractivity contribution in [1.29, 1.82) is 0 Å². The van der Waals surface area contributed by atoms with Gasteiger partial charge in [0.1, 0.15) is 5.82 Å². The number of rotatable bonds is 3. The third-order valence-corrected chi connectivity index (χ3v) is 3.79. The van der Waals surface area contributed by atoms with E-state index in [1.165, 1.54) is 5.56 Å². The van der Waals surface area contributed by atoms with Gasteiger partial charge in [0.2, 0.25) is 0 Å². The maximum atomic E-state index is 12.7. The van der Waals surface area contributed by atoms with E-state index in [0.29, 0.717) is 13.0 Å². The van der Waals surface area contributed by atoms with Crippen LogP contribution in [-0.4, -0.2) is 17.4 Å². The first kappa shape index (κ1) is 13.6. The second-order valence-electron chi connectivity index (χ2n) is 5.45. The molecule has 1 aliphatic rings. The highest BCUT2D eigenvalue weighted by Crippen LogP contribution is 2.26. The van der Waals surface area contributed by atoms with Crippen LogP contribution in [0.4, 0.5) is 5.82 Å². The number of benzene rings is 1. The van der Waals surface area contributed by atoms with E-state index in [9.17, 15) is 4.79 Å². The Kier molecular flexibility index (Phi) is 3.57. The zero-order valence-electron chi connectivity index (χ0n) is 12.3. The second kappa shape index (κ2) is 5.52. The van der Waals surface area contributed by atoms with Gasteiger partial charge in [0.05, 0.1) is 0 Å². The number of hydrogen-bond donors (Lipinski definition) is 0. The van der Waals surface area contributed by atoms with Gasteiger partial charge >= 0.3 is 0 Å². The van der Waals surface area contributed by atoms with Gasteiger partial charge in [0.15, 0.2) is 0 Å². The summed E-state index contributed by atoms with van der Waals surface area (Å²) in [6.07, 6.45) is 0.688. The monoisotopic (exact) mass is 278 g/mol. The Balaban J connectivity index is 1.84. The van der Waals surface area contributed by atoms with E-state index in [0.717, 1.165) is 22.7 Å². The molecule has 0 atom stereocenters. The van der Waals surface area contributed by atoms with Crippen molar-refractivity contribution in [2.45, 2.75) is 20.3 Å². The molecule has 0 N–H and O–H groups in total. The van der Waals surface area contributed by atoms with Crippen LogP contribution in [-0.2, 0) is 11.2 Å². The first-order valence-corrected chi connectivity index (χ1v) is 7.13. The first-order chi connectivity index (χ1) is 10.1.